The average molecular weight is 442 g/mol. The van der Waals surface area contributed by atoms with Gasteiger partial charge in [-0.25, -0.2) is 13.4 Å². The van der Waals surface area contributed by atoms with Crippen molar-refractivity contribution in [3.8, 4) is 0 Å². The van der Waals surface area contributed by atoms with Crippen molar-refractivity contribution in [2.45, 2.75) is 32.1 Å². The Labute approximate surface area is 175 Å². The molecule has 0 spiro atoms. The Morgan fingerprint density at radius 3 is 2.36 bits per heavy atom. The van der Waals surface area contributed by atoms with Gasteiger partial charge in [0.1, 0.15) is 4.88 Å². The molecule has 2 heterocycles. The second-order valence-electron chi connectivity index (χ2n) is 7.27. The smallest absolute Gasteiger partial charge is 0.265 e. The third kappa shape index (κ3) is 4.56. The molecule has 0 unspecified atom stereocenters. The van der Waals surface area contributed by atoms with Crippen LogP contribution in [0.5, 0.6) is 0 Å². The molecule has 1 aromatic carbocycles. The zero-order valence-electron chi connectivity index (χ0n) is 16.2. The average Bonchev–Trinajstić information content (AvgIpc) is 3.01. The predicted molar refractivity (Wildman–Crippen MR) is 112 cm³/mol. The molecule has 0 N–H and O–H groups in total. The molecule has 2 aromatic rings. The zero-order chi connectivity index (χ0) is 20.5. The molecule has 6 nitrogen and oxygen atoms in total. The largest absolute Gasteiger partial charge is 0.335 e. The molecule has 152 valence electrons. The van der Waals surface area contributed by atoms with Crippen LogP contribution in [0.25, 0.3) is 0 Å². The van der Waals surface area contributed by atoms with Crippen molar-refractivity contribution < 1.29 is 13.2 Å². The molecule has 0 atom stereocenters. The van der Waals surface area contributed by atoms with Crippen LogP contribution < -0.4 is 0 Å². The van der Waals surface area contributed by atoms with Crippen LogP contribution in [0.3, 0.4) is 0 Å². The van der Waals surface area contributed by atoms with E-state index < -0.39 is 10.0 Å². The first-order chi connectivity index (χ1) is 13.2. The van der Waals surface area contributed by atoms with Crippen LogP contribution in [0.1, 0.15) is 34.2 Å². The van der Waals surface area contributed by atoms with Crippen LogP contribution in [-0.2, 0) is 16.4 Å². The Morgan fingerprint density at radius 2 is 1.79 bits per heavy atom. The molecule has 1 aromatic heterocycles. The maximum atomic E-state index is 12.9. The standard InChI is InChI=1S/C19H24ClN3O3S2/c1-13(2)12-17-21-14(3)18(27-17)19(24)22-8-10-23(11-9-22)28(25,26)16-6-4-15(20)5-7-16/h4-7,13H,8-12H2,1-3H3. The van der Waals surface area contributed by atoms with Gasteiger partial charge < -0.3 is 4.90 Å². The second-order valence-corrected chi connectivity index (χ2v) is 10.7. The molecule has 9 heteroatoms. The lowest BCUT2D eigenvalue weighted by atomic mass is 10.1. The third-order valence-corrected chi connectivity index (χ3v) is 7.93. The molecule has 0 bridgehead atoms. The van der Waals surface area contributed by atoms with Gasteiger partial charge in [-0.2, -0.15) is 4.31 Å². The molecule has 1 amide bonds. The molecule has 28 heavy (non-hydrogen) atoms. The van der Waals surface area contributed by atoms with Gasteiger partial charge >= 0.3 is 0 Å². The lowest BCUT2D eigenvalue weighted by Crippen LogP contribution is -2.50. The number of hydrogen-bond acceptors (Lipinski definition) is 5. The summed E-state index contributed by atoms with van der Waals surface area (Å²) in [6.45, 7) is 7.37. The number of halogens is 1. The highest BCUT2D eigenvalue weighted by atomic mass is 35.5. The summed E-state index contributed by atoms with van der Waals surface area (Å²) in [6.07, 6.45) is 0.853. The van der Waals surface area contributed by atoms with E-state index in [1.165, 1.54) is 27.8 Å². The molecule has 1 saturated heterocycles. The van der Waals surface area contributed by atoms with E-state index in [1.54, 1.807) is 17.0 Å². The van der Waals surface area contributed by atoms with E-state index in [1.807, 2.05) is 6.92 Å². The van der Waals surface area contributed by atoms with Crippen molar-refractivity contribution in [1.29, 1.82) is 0 Å². The highest BCUT2D eigenvalue weighted by molar-refractivity contribution is 7.89. The van der Waals surface area contributed by atoms with E-state index in [-0.39, 0.29) is 23.9 Å². The van der Waals surface area contributed by atoms with Crippen LogP contribution in [0, 0.1) is 12.8 Å². The van der Waals surface area contributed by atoms with Gasteiger partial charge in [0, 0.05) is 37.6 Å². The van der Waals surface area contributed by atoms with Crippen molar-refractivity contribution >= 4 is 38.9 Å². The molecular formula is C19H24ClN3O3S2. The zero-order valence-corrected chi connectivity index (χ0v) is 18.6. The minimum Gasteiger partial charge on any atom is -0.335 e. The Bertz CT molecular complexity index is 947. The maximum Gasteiger partial charge on any atom is 0.265 e. The van der Waals surface area contributed by atoms with Gasteiger partial charge in [0.15, 0.2) is 0 Å². The molecule has 1 aliphatic rings. The lowest BCUT2D eigenvalue weighted by molar-refractivity contribution is 0.0702. The van der Waals surface area contributed by atoms with Crippen molar-refractivity contribution in [2.24, 2.45) is 5.92 Å². The van der Waals surface area contributed by atoms with E-state index in [2.05, 4.69) is 18.8 Å². The van der Waals surface area contributed by atoms with Gasteiger partial charge in [-0.1, -0.05) is 25.4 Å². The molecular weight excluding hydrogens is 418 g/mol. The summed E-state index contributed by atoms with van der Waals surface area (Å²) in [4.78, 5) is 20.0. The van der Waals surface area contributed by atoms with Crippen LogP contribution in [-0.4, -0.2) is 54.7 Å². The Kier molecular flexibility index (Phi) is 6.44. The number of rotatable bonds is 5. The van der Waals surface area contributed by atoms with Crippen LogP contribution >= 0.6 is 22.9 Å². The monoisotopic (exact) mass is 441 g/mol. The SMILES string of the molecule is Cc1nc(CC(C)C)sc1C(=O)N1CCN(S(=O)(=O)c2ccc(Cl)cc2)CC1. The molecule has 1 fully saturated rings. The summed E-state index contributed by atoms with van der Waals surface area (Å²) in [7, 11) is -3.58. The number of aryl methyl sites for hydroxylation is 1. The Morgan fingerprint density at radius 1 is 1.18 bits per heavy atom. The van der Waals surface area contributed by atoms with Crippen molar-refractivity contribution in [3.63, 3.8) is 0 Å². The van der Waals surface area contributed by atoms with E-state index >= 15 is 0 Å². The lowest BCUT2D eigenvalue weighted by Gasteiger charge is -2.33. The Balaban J connectivity index is 1.67. The minimum absolute atomic E-state index is 0.0615. The number of nitrogens with zero attached hydrogens (tertiary/aromatic N) is 3. The van der Waals surface area contributed by atoms with Gasteiger partial charge in [-0.3, -0.25) is 4.79 Å². The molecule has 0 radical (unpaired) electrons. The van der Waals surface area contributed by atoms with E-state index in [0.29, 0.717) is 28.9 Å². The van der Waals surface area contributed by atoms with Gasteiger partial charge in [0.05, 0.1) is 15.6 Å². The first-order valence-corrected chi connectivity index (χ1v) is 11.8. The van der Waals surface area contributed by atoms with Crippen molar-refractivity contribution in [1.82, 2.24) is 14.2 Å². The number of hydrogen-bond donors (Lipinski definition) is 0. The molecule has 0 aliphatic carbocycles. The number of aromatic nitrogens is 1. The minimum atomic E-state index is -3.58. The topological polar surface area (TPSA) is 70.6 Å². The number of benzene rings is 1. The molecule has 1 aliphatic heterocycles. The normalized spacial score (nSPS) is 16.0. The number of sulfonamides is 1. The summed E-state index contributed by atoms with van der Waals surface area (Å²) >= 11 is 7.29. The summed E-state index contributed by atoms with van der Waals surface area (Å²) < 4.78 is 27.0. The third-order valence-electron chi connectivity index (χ3n) is 4.60. The fraction of sp³-hybridized carbons (Fsp3) is 0.474. The van der Waals surface area contributed by atoms with E-state index in [4.69, 9.17) is 11.6 Å². The summed E-state index contributed by atoms with van der Waals surface area (Å²) in [5.41, 5.74) is 0.752. The highest BCUT2D eigenvalue weighted by Crippen LogP contribution is 2.24. The quantitative estimate of drug-likeness (QED) is 0.712. The van der Waals surface area contributed by atoms with Crippen molar-refractivity contribution in [3.05, 3.63) is 44.9 Å². The highest BCUT2D eigenvalue weighted by Gasteiger charge is 2.31. The summed E-state index contributed by atoms with van der Waals surface area (Å²) in [5, 5.41) is 1.46. The fourth-order valence-corrected chi connectivity index (χ4v) is 5.91. The Hall–Kier alpha value is -1.48. The number of carbonyl (C=O) groups is 1. The first kappa shape index (κ1) is 21.2. The number of thiazole rings is 1. The van der Waals surface area contributed by atoms with E-state index in [0.717, 1.165) is 17.1 Å². The van der Waals surface area contributed by atoms with Crippen LogP contribution in [0.4, 0.5) is 0 Å². The van der Waals surface area contributed by atoms with Gasteiger partial charge in [-0.05, 0) is 37.1 Å². The molecule has 0 saturated carbocycles. The first-order valence-electron chi connectivity index (χ1n) is 9.19. The maximum absolute atomic E-state index is 12.9. The van der Waals surface area contributed by atoms with Gasteiger partial charge in [0.25, 0.3) is 5.91 Å². The number of amides is 1. The van der Waals surface area contributed by atoms with Gasteiger partial charge in [0.2, 0.25) is 10.0 Å². The fourth-order valence-electron chi connectivity index (χ4n) is 3.12. The molecule has 3 rings (SSSR count). The van der Waals surface area contributed by atoms with Crippen molar-refractivity contribution in [2.75, 3.05) is 26.2 Å². The van der Waals surface area contributed by atoms with Gasteiger partial charge in [-0.15, -0.1) is 11.3 Å². The summed E-state index contributed by atoms with van der Waals surface area (Å²) in [5.74, 6) is 0.420. The predicted octanol–water partition coefficient (Wildman–Crippen LogP) is 3.45. The van der Waals surface area contributed by atoms with Crippen LogP contribution in [0.2, 0.25) is 5.02 Å². The number of piperazine rings is 1. The summed E-state index contributed by atoms with van der Waals surface area (Å²) in [6, 6.07) is 6.14. The second kappa shape index (κ2) is 8.49. The van der Waals surface area contributed by atoms with Crippen LogP contribution in [0.15, 0.2) is 29.2 Å². The number of carbonyl (C=O) groups excluding carboxylic acids is 1. The van der Waals surface area contributed by atoms with E-state index in [9.17, 15) is 13.2 Å².